The summed E-state index contributed by atoms with van der Waals surface area (Å²) < 4.78 is 5.50. The first kappa shape index (κ1) is 11.0. The van der Waals surface area contributed by atoms with Gasteiger partial charge in [0, 0.05) is 5.92 Å². The van der Waals surface area contributed by atoms with Crippen molar-refractivity contribution in [1.82, 2.24) is 0 Å². The van der Waals surface area contributed by atoms with Gasteiger partial charge >= 0.3 is 0 Å². The zero-order valence-corrected chi connectivity index (χ0v) is 9.65. The van der Waals surface area contributed by atoms with Crippen LogP contribution in [0.15, 0.2) is 29.3 Å². The highest BCUT2D eigenvalue weighted by Crippen LogP contribution is 2.30. The average Bonchev–Trinajstić information content (AvgIpc) is 3.12. The van der Waals surface area contributed by atoms with Crippen molar-refractivity contribution in [2.75, 3.05) is 6.61 Å². The highest BCUT2D eigenvalue weighted by molar-refractivity contribution is 5.87. The van der Waals surface area contributed by atoms with E-state index < -0.39 is 0 Å². The van der Waals surface area contributed by atoms with Crippen LogP contribution in [0.1, 0.15) is 26.2 Å². The van der Waals surface area contributed by atoms with Gasteiger partial charge < -0.3 is 10.5 Å². The molecule has 0 spiro atoms. The van der Waals surface area contributed by atoms with Gasteiger partial charge in [-0.05, 0) is 43.5 Å². The predicted octanol–water partition coefficient (Wildman–Crippen LogP) is 2.87. The first-order valence-corrected chi connectivity index (χ1v) is 5.86. The summed E-state index contributed by atoms with van der Waals surface area (Å²) in [6.45, 7) is 2.85. The zero-order chi connectivity index (χ0) is 11.4. The van der Waals surface area contributed by atoms with Crippen molar-refractivity contribution in [2.24, 2.45) is 16.6 Å². The molecular formula is C13H18N2O. The smallest absolute Gasteiger partial charge is 0.119 e. The van der Waals surface area contributed by atoms with Crippen molar-refractivity contribution < 1.29 is 4.74 Å². The fourth-order valence-electron chi connectivity index (χ4n) is 1.46. The lowest BCUT2D eigenvalue weighted by molar-refractivity contribution is 0.317. The Morgan fingerprint density at radius 1 is 1.38 bits per heavy atom. The summed E-state index contributed by atoms with van der Waals surface area (Å²) >= 11 is 0. The molecule has 1 aliphatic rings. The van der Waals surface area contributed by atoms with Gasteiger partial charge in [0.25, 0.3) is 0 Å². The quantitative estimate of drug-likeness (QED) is 0.610. The summed E-state index contributed by atoms with van der Waals surface area (Å²) in [4.78, 5) is 4.38. The van der Waals surface area contributed by atoms with E-state index in [2.05, 4.69) is 11.9 Å². The highest BCUT2D eigenvalue weighted by atomic mass is 16.5. The number of benzene rings is 1. The van der Waals surface area contributed by atoms with Crippen LogP contribution < -0.4 is 10.5 Å². The molecule has 1 aromatic carbocycles. The maximum atomic E-state index is 5.85. The Hall–Kier alpha value is -1.51. The summed E-state index contributed by atoms with van der Waals surface area (Å²) in [7, 11) is 0. The van der Waals surface area contributed by atoms with Gasteiger partial charge in [-0.2, -0.15) is 0 Å². The van der Waals surface area contributed by atoms with E-state index in [1.807, 2.05) is 24.3 Å². The number of hydrogen-bond acceptors (Lipinski definition) is 2. The SMILES string of the molecule is CCCOc1ccc(N=C(N)C2CC2)cc1. The number of ether oxygens (including phenoxy) is 1. The molecule has 3 nitrogen and oxygen atoms in total. The normalized spacial score (nSPS) is 16.2. The second-order valence-corrected chi connectivity index (χ2v) is 4.15. The van der Waals surface area contributed by atoms with Gasteiger partial charge in [0.1, 0.15) is 11.6 Å². The maximum absolute atomic E-state index is 5.85. The van der Waals surface area contributed by atoms with Gasteiger partial charge in [-0.1, -0.05) is 6.92 Å². The molecule has 0 heterocycles. The minimum Gasteiger partial charge on any atom is -0.494 e. The van der Waals surface area contributed by atoms with Crippen LogP contribution in [0.5, 0.6) is 5.75 Å². The van der Waals surface area contributed by atoms with Crippen LogP contribution in [0.3, 0.4) is 0 Å². The standard InChI is InChI=1S/C13H18N2O/c1-2-9-16-12-7-5-11(6-8-12)15-13(14)10-3-4-10/h5-8,10H,2-4,9H2,1H3,(H2,14,15). The topological polar surface area (TPSA) is 47.6 Å². The Kier molecular flexibility index (Phi) is 3.44. The number of nitrogens with two attached hydrogens (primary N) is 1. The Labute approximate surface area is 96.3 Å². The van der Waals surface area contributed by atoms with Gasteiger partial charge in [0.2, 0.25) is 0 Å². The number of nitrogens with zero attached hydrogens (tertiary/aromatic N) is 1. The minimum absolute atomic E-state index is 0.524. The zero-order valence-electron chi connectivity index (χ0n) is 9.65. The summed E-state index contributed by atoms with van der Waals surface area (Å²) in [5.41, 5.74) is 6.76. The van der Waals surface area contributed by atoms with Gasteiger partial charge in [0.15, 0.2) is 0 Å². The fourth-order valence-corrected chi connectivity index (χ4v) is 1.46. The molecule has 2 rings (SSSR count). The van der Waals surface area contributed by atoms with Crippen LogP contribution in [0.2, 0.25) is 0 Å². The molecule has 16 heavy (non-hydrogen) atoms. The van der Waals surface area contributed by atoms with Gasteiger partial charge in [0.05, 0.1) is 12.3 Å². The summed E-state index contributed by atoms with van der Waals surface area (Å²) in [6, 6.07) is 7.77. The first-order valence-electron chi connectivity index (χ1n) is 5.86. The molecule has 2 N–H and O–H groups in total. The van der Waals surface area contributed by atoms with Crippen LogP contribution in [-0.2, 0) is 0 Å². The van der Waals surface area contributed by atoms with Crippen molar-refractivity contribution in [2.45, 2.75) is 26.2 Å². The van der Waals surface area contributed by atoms with E-state index in [1.54, 1.807) is 0 Å². The molecule has 1 saturated carbocycles. The largest absolute Gasteiger partial charge is 0.494 e. The summed E-state index contributed by atoms with van der Waals surface area (Å²) in [5, 5.41) is 0. The Morgan fingerprint density at radius 2 is 2.06 bits per heavy atom. The molecule has 0 radical (unpaired) electrons. The third kappa shape index (κ3) is 2.99. The van der Waals surface area contributed by atoms with E-state index in [1.165, 1.54) is 12.8 Å². The minimum atomic E-state index is 0.524. The molecule has 1 aromatic rings. The van der Waals surface area contributed by atoms with Crippen molar-refractivity contribution in [1.29, 1.82) is 0 Å². The van der Waals surface area contributed by atoms with Crippen molar-refractivity contribution in [3.63, 3.8) is 0 Å². The molecule has 0 aromatic heterocycles. The molecule has 0 unspecified atom stereocenters. The van der Waals surface area contributed by atoms with Crippen LogP contribution in [0.25, 0.3) is 0 Å². The highest BCUT2D eigenvalue weighted by Gasteiger charge is 2.25. The molecule has 0 bridgehead atoms. The first-order chi connectivity index (χ1) is 7.79. The van der Waals surface area contributed by atoms with Crippen LogP contribution in [0.4, 0.5) is 5.69 Å². The summed E-state index contributed by atoms with van der Waals surface area (Å²) in [6.07, 6.45) is 3.40. The molecule has 0 amide bonds. The lowest BCUT2D eigenvalue weighted by Crippen LogP contribution is -2.12. The Balaban J connectivity index is 1.98. The van der Waals surface area contributed by atoms with E-state index >= 15 is 0 Å². The van der Waals surface area contributed by atoms with E-state index in [4.69, 9.17) is 10.5 Å². The average molecular weight is 218 g/mol. The molecule has 0 saturated heterocycles. The van der Waals surface area contributed by atoms with E-state index in [0.29, 0.717) is 5.92 Å². The predicted molar refractivity (Wildman–Crippen MR) is 66.2 cm³/mol. The maximum Gasteiger partial charge on any atom is 0.119 e. The lowest BCUT2D eigenvalue weighted by Gasteiger charge is -2.04. The monoisotopic (exact) mass is 218 g/mol. The third-order valence-corrected chi connectivity index (χ3v) is 2.56. The number of amidine groups is 1. The van der Waals surface area contributed by atoms with Crippen molar-refractivity contribution in [3.8, 4) is 5.75 Å². The molecule has 1 fully saturated rings. The van der Waals surface area contributed by atoms with Crippen molar-refractivity contribution >= 4 is 11.5 Å². The van der Waals surface area contributed by atoms with Gasteiger partial charge in [-0.15, -0.1) is 0 Å². The second kappa shape index (κ2) is 5.01. The van der Waals surface area contributed by atoms with Crippen molar-refractivity contribution in [3.05, 3.63) is 24.3 Å². The number of hydrogen-bond donors (Lipinski definition) is 1. The van der Waals surface area contributed by atoms with Crippen LogP contribution in [0, 0.1) is 5.92 Å². The third-order valence-electron chi connectivity index (χ3n) is 2.56. The Morgan fingerprint density at radius 3 is 2.62 bits per heavy atom. The van der Waals surface area contributed by atoms with Crippen LogP contribution >= 0.6 is 0 Å². The van der Waals surface area contributed by atoms with Gasteiger partial charge in [-0.3, -0.25) is 0 Å². The molecule has 0 aliphatic heterocycles. The summed E-state index contributed by atoms with van der Waals surface area (Å²) in [5.74, 6) is 2.18. The van der Waals surface area contributed by atoms with E-state index in [9.17, 15) is 0 Å². The van der Waals surface area contributed by atoms with Gasteiger partial charge in [-0.25, -0.2) is 4.99 Å². The van der Waals surface area contributed by atoms with Crippen LogP contribution in [-0.4, -0.2) is 12.4 Å². The van der Waals surface area contributed by atoms with E-state index in [0.717, 1.165) is 30.3 Å². The Bertz CT molecular complexity index is 366. The molecule has 86 valence electrons. The second-order valence-electron chi connectivity index (χ2n) is 4.15. The molecule has 1 aliphatic carbocycles. The molecular weight excluding hydrogens is 200 g/mol. The lowest BCUT2D eigenvalue weighted by atomic mass is 10.3. The molecule has 3 heteroatoms. The molecule has 0 atom stereocenters. The fraction of sp³-hybridized carbons (Fsp3) is 0.462. The number of aliphatic imine (C=N–C) groups is 1. The van der Waals surface area contributed by atoms with E-state index in [-0.39, 0.29) is 0 Å². The number of rotatable bonds is 5.